The Kier molecular flexibility index (Phi) is 3.41. The van der Waals surface area contributed by atoms with E-state index in [-0.39, 0.29) is 0 Å². The Morgan fingerprint density at radius 3 is 2.76 bits per heavy atom. The van der Waals surface area contributed by atoms with Crippen molar-refractivity contribution in [3.05, 3.63) is 40.5 Å². The molecule has 0 unspecified atom stereocenters. The van der Waals surface area contributed by atoms with Crippen LogP contribution in [-0.2, 0) is 7.05 Å². The van der Waals surface area contributed by atoms with Gasteiger partial charge in [0.1, 0.15) is 16.7 Å². The summed E-state index contributed by atoms with van der Waals surface area (Å²) >= 11 is 7.55. The van der Waals surface area contributed by atoms with Crippen LogP contribution >= 0.6 is 23.4 Å². The maximum atomic E-state index is 9.11. The first-order valence-electron chi connectivity index (χ1n) is 4.99. The molecule has 0 spiro atoms. The first kappa shape index (κ1) is 12.0. The van der Waals surface area contributed by atoms with Gasteiger partial charge in [-0.15, -0.1) is 0 Å². The zero-order valence-electron chi connectivity index (χ0n) is 9.44. The molecule has 17 heavy (non-hydrogen) atoms. The molecular formula is C12H10ClN3S. The Labute approximate surface area is 109 Å². The molecule has 0 N–H and O–H groups in total. The molecule has 86 valence electrons. The summed E-state index contributed by atoms with van der Waals surface area (Å²) in [5.74, 6) is 0. The highest BCUT2D eigenvalue weighted by Crippen LogP contribution is 2.35. The van der Waals surface area contributed by atoms with Gasteiger partial charge in [0.05, 0.1) is 10.7 Å². The average molecular weight is 264 g/mol. The smallest absolute Gasteiger partial charge is 0.117 e. The summed E-state index contributed by atoms with van der Waals surface area (Å²) in [7, 11) is 1.83. The van der Waals surface area contributed by atoms with Crippen molar-refractivity contribution in [2.45, 2.75) is 16.8 Å². The summed E-state index contributed by atoms with van der Waals surface area (Å²) in [5, 5.41) is 14.8. The van der Waals surface area contributed by atoms with Gasteiger partial charge in [0.25, 0.3) is 0 Å². The van der Waals surface area contributed by atoms with E-state index in [0.717, 1.165) is 15.6 Å². The van der Waals surface area contributed by atoms with Gasteiger partial charge in [0, 0.05) is 11.9 Å². The lowest BCUT2D eigenvalue weighted by molar-refractivity contribution is 0.692. The summed E-state index contributed by atoms with van der Waals surface area (Å²) in [5.41, 5.74) is 1.35. The number of halogens is 1. The number of nitrogens with zero attached hydrogens (tertiary/aromatic N) is 3. The largest absolute Gasteiger partial charge is 0.260 e. The van der Waals surface area contributed by atoms with Crippen LogP contribution in [0.15, 0.2) is 34.2 Å². The Morgan fingerprint density at radius 1 is 1.41 bits per heavy atom. The summed E-state index contributed by atoms with van der Waals surface area (Å²) in [4.78, 5) is 0.925. The van der Waals surface area contributed by atoms with Gasteiger partial charge in [0.15, 0.2) is 0 Å². The monoisotopic (exact) mass is 263 g/mol. The molecule has 0 saturated carbocycles. The van der Waals surface area contributed by atoms with Gasteiger partial charge in [-0.3, -0.25) is 4.68 Å². The van der Waals surface area contributed by atoms with Gasteiger partial charge in [-0.1, -0.05) is 35.5 Å². The zero-order chi connectivity index (χ0) is 12.4. The van der Waals surface area contributed by atoms with E-state index in [0.29, 0.717) is 10.6 Å². The second-order valence-electron chi connectivity index (χ2n) is 3.53. The zero-order valence-corrected chi connectivity index (χ0v) is 11.0. The molecule has 0 atom stereocenters. The van der Waals surface area contributed by atoms with E-state index in [1.54, 1.807) is 4.68 Å². The van der Waals surface area contributed by atoms with Crippen LogP contribution in [0.4, 0.5) is 0 Å². The molecule has 1 aromatic heterocycles. The van der Waals surface area contributed by atoms with Crippen LogP contribution < -0.4 is 0 Å². The molecule has 0 radical (unpaired) electrons. The number of nitriles is 1. The van der Waals surface area contributed by atoms with Crippen molar-refractivity contribution in [2.75, 3.05) is 0 Å². The van der Waals surface area contributed by atoms with Gasteiger partial charge < -0.3 is 0 Å². The average Bonchev–Trinajstić information content (AvgIpc) is 2.56. The van der Waals surface area contributed by atoms with E-state index in [1.807, 2.05) is 38.2 Å². The van der Waals surface area contributed by atoms with Crippen molar-refractivity contribution in [2.24, 2.45) is 7.05 Å². The Morgan fingerprint density at radius 2 is 2.12 bits per heavy atom. The molecule has 0 amide bonds. The molecular weight excluding hydrogens is 254 g/mol. The van der Waals surface area contributed by atoms with Crippen molar-refractivity contribution in [1.82, 2.24) is 9.78 Å². The van der Waals surface area contributed by atoms with E-state index in [1.165, 1.54) is 11.8 Å². The van der Waals surface area contributed by atoms with Gasteiger partial charge in [-0.2, -0.15) is 10.4 Å². The summed E-state index contributed by atoms with van der Waals surface area (Å²) in [6.07, 6.45) is 0. The fourth-order valence-corrected chi connectivity index (χ4v) is 2.75. The van der Waals surface area contributed by atoms with Gasteiger partial charge >= 0.3 is 0 Å². The first-order valence-corrected chi connectivity index (χ1v) is 6.19. The van der Waals surface area contributed by atoms with E-state index < -0.39 is 0 Å². The topological polar surface area (TPSA) is 41.6 Å². The van der Waals surface area contributed by atoms with Gasteiger partial charge in [-0.05, 0) is 19.1 Å². The Balaban J connectivity index is 2.44. The van der Waals surface area contributed by atoms with Crippen LogP contribution in [0, 0.1) is 18.3 Å². The standard InChI is InChI=1S/C12H10ClN3S/c1-8-9(7-14)12(16(2)15-8)17-11-6-4-3-5-10(11)13/h3-6H,1-2H3. The number of hydrogen-bond donors (Lipinski definition) is 0. The number of aryl methyl sites for hydroxylation is 2. The van der Waals surface area contributed by atoms with Crippen molar-refractivity contribution in [3.63, 3.8) is 0 Å². The molecule has 0 fully saturated rings. The van der Waals surface area contributed by atoms with Crippen molar-refractivity contribution < 1.29 is 0 Å². The molecule has 0 aliphatic carbocycles. The lowest BCUT2D eigenvalue weighted by Gasteiger charge is -2.04. The number of benzene rings is 1. The van der Waals surface area contributed by atoms with E-state index in [2.05, 4.69) is 11.2 Å². The third kappa shape index (κ3) is 2.31. The maximum Gasteiger partial charge on any atom is 0.117 e. The van der Waals surface area contributed by atoms with Crippen molar-refractivity contribution in [3.8, 4) is 6.07 Å². The lowest BCUT2D eigenvalue weighted by Crippen LogP contribution is -1.92. The molecule has 2 rings (SSSR count). The molecule has 0 aliphatic heterocycles. The maximum absolute atomic E-state index is 9.11. The molecule has 1 heterocycles. The minimum atomic E-state index is 0.609. The second-order valence-corrected chi connectivity index (χ2v) is 4.97. The Hall–Kier alpha value is -1.44. The third-order valence-corrected chi connectivity index (χ3v) is 4.00. The highest BCUT2D eigenvalue weighted by molar-refractivity contribution is 7.99. The van der Waals surface area contributed by atoms with Gasteiger partial charge in [0.2, 0.25) is 0 Å². The fraction of sp³-hybridized carbons (Fsp3) is 0.167. The Bertz CT molecular complexity index is 598. The lowest BCUT2D eigenvalue weighted by atomic mass is 10.3. The van der Waals surface area contributed by atoms with Crippen LogP contribution in [0.2, 0.25) is 5.02 Å². The quantitative estimate of drug-likeness (QED) is 0.834. The minimum absolute atomic E-state index is 0.609. The van der Waals surface area contributed by atoms with E-state index in [4.69, 9.17) is 16.9 Å². The highest BCUT2D eigenvalue weighted by Gasteiger charge is 2.15. The molecule has 1 aromatic carbocycles. The summed E-state index contributed by atoms with van der Waals surface area (Å²) < 4.78 is 1.71. The van der Waals surface area contributed by atoms with Crippen LogP contribution in [0.5, 0.6) is 0 Å². The molecule has 0 saturated heterocycles. The van der Waals surface area contributed by atoms with Gasteiger partial charge in [-0.25, -0.2) is 0 Å². The number of aromatic nitrogens is 2. The molecule has 5 heteroatoms. The number of rotatable bonds is 2. The summed E-state index contributed by atoms with van der Waals surface area (Å²) in [6, 6.07) is 9.74. The highest BCUT2D eigenvalue weighted by atomic mass is 35.5. The van der Waals surface area contributed by atoms with Crippen LogP contribution in [0.1, 0.15) is 11.3 Å². The van der Waals surface area contributed by atoms with E-state index in [9.17, 15) is 0 Å². The minimum Gasteiger partial charge on any atom is -0.260 e. The number of hydrogen-bond acceptors (Lipinski definition) is 3. The van der Waals surface area contributed by atoms with Crippen LogP contribution in [-0.4, -0.2) is 9.78 Å². The van der Waals surface area contributed by atoms with Crippen LogP contribution in [0.3, 0.4) is 0 Å². The molecule has 0 bridgehead atoms. The SMILES string of the molecule is Cc1nn(C)c(Sc2ccccc2Cl)c1C#N. The van der Waals surface area contributed by atoms with Crippen molar-refractivity contribution in [1.29, 1.82) is 5.26 Å². The second kappa shape index (κ2) is 4.82. The van der Waals surface area contributed by atoms with Crippen LogP contribution in [0.25, 0.3) is 0 Å². The van der Waals surface area contributed by atoms with E-state index >= 15 is 0 Å². The summed E-state index contributed by atoms with van der Waals surface area (Å²) in [6.45, 7) is 1.83. The normalized spacial score (nSPS) is 10.2. The predicted octanol–water partition coefficient (Wildman–Crippen LogP) is 3.40. The first-order chi connectivity index (χ1) is 8.13. The van der Waals surface area contributed by atoms with Crippen molar-refractivity contribution >= 4 is 23.4 Å². The molecule has 2 aromatic rings. The third-order valence-electron chi connectivity index (χ3n) is 2.32. The molecule has 0 aliphatic rings. The predicted molar refractivity (Wildman–Crippen MR) is 68.2 cm³/mol. The fourth-order valence-electron chi connectivity index (χ4n) is 1.51. The molecule has 3 nitrogen and oxygen atoms in total.